The highest BCUT2D eigenvalue weighted by atomic mass is 16.2. The Hall–Kier alpha value is -2.42. The number of piperazine rings is 1. The first-order chi connectivity index (χ1) is 14.5. The monoisotopic (exact) mass is 410 g/mol. The minimum absolute atomic E-state index is 0.238. The molecule has 4 atom stereocenters. The zero-order valence-corrected chi connectivity index (χ0v) is 16.8. The molecule has 0 radical (unpaired) electrons. The zero-order chi connectivity index (χ0) is 20.8. The van der Waals surface area contributed by atoms with Gasteiger partial charge < -0.3 is 5.32 Å². The van der Waals surface area contributed by atoms with Crippen molar-refractivity contribution in [3.8, 4) is 0 Å². The van der Waals surface area contributed by atoms with Crippen molar-refractivity contribution >= 4 is 23.9 Å². The highest BCUT2D eigenvalue weighted by Gasteiger charge is 2.43. The van der Waals surface area contributed by atoms with E-state index >= 15 is 0 Å². The van der Waals surface area contributed by atoms with E-state index in [1.807, 2.05) is 12.1 Å². The van der Waals surface area contributed by atoms with Crippen LogP contribution in [0.5, 0.6) is 0 Å². The summed E-state index contributed by atoms with van der Waals surface area (Å²) < 4.78 is 0. The number of nitrogens with one attached hydrogen (secondary N) is 2. The second kappa shape index (κ2) is 7.68. The van der Waals surface area contributed by atoms with Crippen molar-refractivity contribution in [1.29, 1.82) is 0 Å². The number of hydrogen-bond acceptors (Lipinski definition) is 7. The fourth-order valence-electron chi connectivity index (χ4n) is 5.51. The first-order valence-electron chi connectivity index (χ1n) is 10.7. The molecule has 1 aromatic carbocycles. The number of aldehydes is 1. The molecule has 1 aromatic rings. The van der Waals surface area contributed by atoms with Gasteiger partial charge >= 0.3 is 0 Å². The number of piperidine rings is 3. The second-order valence-corrected chi connectivity index (χ2v) is 8.86. The highest BCUT2D eigenvalue weighted by Crippen LogP contribution is 2.38. The number of rotatable bonds is 5. The lowest BCUT2D eigenvalue weighted by molar-refractivity contribution is -0.141. The SMILES string of the molecule is O=CC(=O)C1c2cc(CN3CC4CCC3CN4)ccc2CN1C1CCC(=O)NC1=O. The lowest BCUT2D eigenvalue weighted by Gasteiger charge is -2.46. The van der Waals surface area contributed by atoms with E-state index in [-0.39, 0.29) is 18.2 Å². The van der Waals surface area contributed by atoms with E-state index in [1.165, 1.54) is 12.8 Å². The summed E-state index contributed by atoms with van der Waals surface area (Å²) in [7, 11) is 0. The molecule has 4 saturated heterocycles. The Morgan fingerprint density at radius 3 is 2.73 bits per heavy atom. The summed E-state index contributed by atoms with van der Waals surface area (Å²) in [5.74, 6) is -1.23. The standard InChI is InChI=1S/C22H26N4O4/c27-12-19(28)21-17-7-13(9-25-11-15-3-4-16(25)8-23-15)1-2-14(17)10-26(21)18-5-6-20(29)24-22(18)30/h1-2,7,12,15-16,18,21,23H,3-6,8-11H2,(H,24,29,30). The molecule has 2 amide bonds. The predicted octanol–water partition coefficient (Wildman–Crippen LogP) is 0.0527. The Balaban J connectivity index is 1.40. The van der Waals surface area contributed by atoms with Gasteiger partial charge in [-0.15, -0.1) is 0 Å². The van der Waals surface area contributed by atoms with E-state index in [0.29, 0.717) is 31.3 Å². The van der Waals surface area contributed by atoms with Crippen LogP contribution in [0.25, 0.3) is 0 Å². The molecule has 0 saturated carbocycles. The lowest BCUT2D eigenvalue weighted by Crippen LogP contribution is -2.60. The van der Waals surface area contributed by atoms with Gasteiger partial charge in [0.25, 0.3) is 0 Å². The molecule has 0 aliphatic carbocycles. The largest absolute Gasteiger partial charge is 0.311 e. The normalized spacial score (nSPS) is 31.5. The van der Waals surface area contributed by atoms with E-state index in [1.54, 1.807) is 4.90 Å². The molecule has 5 aliphatic heterocycles. The summed E-state index contributed by atoms with van der Waals surface area (Å²) in [5.41, 5.74) is 2.90. The van der Waals surface area contributed by atoms with Gasteiger partial charge in [-0.05, 0) is 36.0 Å². The molecular weight excluding hydrogens is 384 g/mol. The van der Waals surface area contributed by atoms with Crippen LogP contribution in [0.2, 0.25) is 0 Å². The van der Waals surface area contributed by atoms with E-state index < -0.39 is 17.9 Å². The summed E-state index contributed by atoms with van der Waals surface area (Å²) in [6.45, 7) is 3.28. The molecule has 4 unspecified atom stereocenters. The molecule has 2 bridgehead atoms. The molecule has 0 spiro atoms. The maximum atomic E-state index is 12.6. The third kappa shape index (κ3) is 3.38. The van der Waals surface area contributed by atoms with Gasteiger partial charge in [-0.25, -0.2) is 0 Å². The summed E-state index contributed by atoms with van der Waals surface area (Å²) in [6, 6.07) is 5.88. The van der Waals surface area contributed by atoms with Crippen LogP contribution in [0.4, 0.5) is 0 Å². The van der Waals surface area contributed by atoms with Crippen LogP contribution in [0.3, 0.4) is 0 Å². The smallest absolute Gasteiger partial charge is 0.243 e. The number of carbonyl (C=O) groups is 4. The fraction of sp³-hybridized carbons (Fsp3) is 0.545. The topological polar surface area (TPSA) is 98.8 Å². The van der Waals surface area contributed by atoms with E-state index in [2.05, 4.69) is 21.6 Å². The number of carbonyl (C=O) groups excluding carboxylic acids is 4. The maximum Gasteiger partial charge on any atom is 0.243 e. The van der Waals surface area contributed by atoms with Crippen molar-refractivity contribution < 1.29 is 19.2 Å². The van der Waals surface area contributed by atoms with Crippen LogP contribution >= 0.6 is 0 Å². The number of hydrogen-bond donors (Lipinski definition) is 2. The Labute approximate surface area is 175 Å². The number of fused-ring (bicyclic) bond motifs is 4. The molecule has 2 N–H and O–H groups in total. The Kier molecular flexibility index (Phi) is 5.00. The van der Waals surface area contributed by atoms with Gasteiger partial charge in [0.2, 0.25) is 17.6 Å². The minimum atomic E-state index is -0.763. The number of nitrogens with zero attached hydrogens (tertiary/aromatic N) is 2. The number of imide groups is 1. The molecule has 5 heterocycles. The molecule has 0 aromatic heterocycles. The maximum absolute atomic E-state index is 12.6. The molecule has 8 heteroatoms. The average molecular weight is 410 g/mol. The summed E-state index contributed by atoms with van der Waals surface area (Å²) in [6.07, 6.45) is 3.38. The first kappa shape index (κ1) is 19.5. The van der Waals surface area contributed by atoms with Gasteiger partial charge in [0.1, 0.15) is 6.04 Å². The predicted molar refractivity (Wildman–Crippen MR) is 107 cm³/mol. The van der Waals surface area contributed by atoms with Gasteiger partial charge in [0.05, 0.1) is 6.04 Å². The number of benzene rings is 1. The lowest BCUT2D eigenvalue weighted by atomic mass is 9.92. The Bertz CT molecular complexity index is 908. The van der Waals surface area contributed by atoms with Crippen LogP contribution in [0.15, 0.2) is 18.2 Å². The first-order valence-corrected chi connectivity index (χ1v) is 10.7. The van der Waals surface area contributed by atoms with Crippen molar-refractivity contribution in [3.63, 3.8) is 0 Å². The van der Waals surface area contributed by atoms with E-state index in [4.69, 9.17) is 0 Å². The summed E-state index contributed by atoms with van der Waals surface area (Å²) in [5, 5.41) is 5.92. The molecule has 30 heavy (non-hydrogen) atoms. The van der Waals surface area contributed by atoms with E-state index in [0.717, 1.165) is 36.3 Å². The molecule has 158 valence electrons. The third-order valence-corrected chi connectivity index (χ3v) is 7.03. The number of ketones is 1. The van der Waals surface area contributed by atoms with Gasteiger partial charge in [-0.1, -0.05) is 18.2 Å². The fourth-order valence-corrected chi connectivity index (χ4v) is 5.51. The molecule has 5 aliphatic rings. The number of amides is 2. The molecule has 6 rings (SSSR count). The minimum Gasteiger partial charge on any atom is -0.311 e. The van der Waals surface area contributed by atoms with Gasteiger partial charge in [0, 0.05) is 44.7 Å². The summed E-state index contributed by atoms with van der Waals surface area (Å²) in [4.78, 5) is 52.2. The van der Waals surface area contributed by atoms with E-state index in [9.17, 15) is 19.2 Å². The van der Waals surface area contributed by atoms with Crippen molar-refractivity contribution in [2.24, 2.45) is 0 Å². The molecular formula is C22H26N4O4. The van der Waals surface area contributed by atoms with Crippen molar-refractivity contribution in [2.45, 2.75) is 62.9 Å². The second-order valence-electron chi connectivity index (χ2n) is 8.86. The number of Topliss-reactive ketones (excluding diaryl/α,β-unsaturated/α-hetero) is 1. The van der Waals surface area contributed by atoms with Crippen LogP contribution in [-0.2, 0) is 32.3 Å². The quantitative estimate of drug-likeness (QED) is 0.402. The van der Waals surface area contributed by atoms with Gasteiger partial charge in [-0.3, -0.25) is 34.3 Å². The van der Waals surface area contributed by atoms with Crippen LogP contribution in [0, 0.1) is 0 Å². The average Bonchev–Trinajstić information content (AvgIpc) is 3.12. The van der Waals surface area contributed by atoms with Crippen LogP contribution < -0.4 is 10.6 Å². The molecule has 4 fully saturated rings. The highest BCUT2D eigenvalue weighted by molar-refractivity contribution is 6.27. The van der Waals surface area contributed by atoms with Crippen molar-refractivity contribution in [1.82, 2.24) is 20.4 Å². The van der Waals surface area contributed by atoms with Gasteiger partial charge in [-0.2, -0.15) is 0 Å². The third-order valence-electron chi connectivity index (χ3n) is 7.03. The van der Waals surface area contributed by atoms with Gasteiger partial charge in [0.15, 0.2) is 6.29 Å². The zero-order valence-electron chi connectivity index (χ0n) is 16.8. The van der Waals surface area contributed by atoms with Crippen LogP contribution in [0.1, 0.15) is 48.4 Å². The Morgan fingerprint density at radius 2 is 2.07 bits per heavy atom. The molecule has 8 nitrogen and oxygen atoms in total. The Morgan fingerprint density at radius 1 is 1.20 bits per heavy atom. The van der Waals surface area contributed by atoms with Crippen molar-refractivity contribution in [2.75, 3.05) is 13.1 Å². The van der Waals surface area contributed by atoms with Crippen molar-refractivity contribution in [3.05, 3.63) is 34.9 Å². The summed E-state index contributed by atoms with van der Waals surface area (Å²) >= 11 is 0. The van der Waals surface area contributed by atoms with Crippen LogP contribution in [-0.4, -0.2) is 64.9 Å².